The second-order valence-electron chi connectivity index (χ2n) is 6.54. The molecule has 0 fully saturated rings. The van der Waals surface area contributed by atoms with Crippen molar-refractivity contribution in [2.45, 2.75) is 45.4 Å². The van der Waals surface area contributed by atoms with Crippen LogP contribution in [0, 0.1) is 6.92 Å². The number of carboxylic acids is 1. The van der Waals surface area contributed by atoms with E-state index < -0.39 is 36.0 Å². The molecule has 0 saturated carbocycles. The molecule has 1 rings (SSSR count). The number of rotatable bonds is 12. The Labute approximate surface area is 169 Å². The molecule has 0 aliphatic heterocycles. The minimum absolute atomic E-state index is 0.0733. The Morgan fingerprint density at radius 2 is 1.69 bits per heavy atom. The standard InChI is InChI=1S/C19H28N4O6/c1-12-6-3-4-7-14(12)20-10-17(26)23-15(8-5-9-18(27)28)19(29)21-11-16(25)22-13(2)24/h3-4,6-7,13,15,20,24H,5,8-11H2,1-2H3,(H,21,29)(H,22,25)(H,23,26)(H,27,28). The van der Waals surface area contributed by atoms with Crippen LogP contribution in [0.1, 0.15) is 31.7 Å². The van der Waals surface area contributed by atoms with Gasteiger partial charge in [-0.05, 0) is 38.3 Å². The molecule has 0 bridgehead atoms. The number of aryl methyl sites for hydroxylation is 1. The number of hydrogen-bond donors (Lipinski definition) is 6. The summed E-state index contributed by atoms with van der Waals surface area (Å²) in [6.45, 7) is 2.79. The normalized spacial score (nSPS) is 12.4. The predicted octanol–water partition coefficient (Wildman–Crippen LogP) is -0.283. The van der Waals surface area contributed by atoms with Gasteiger partial charge in [0.25, 0.3) is 0 Å². The van der Waals surface area contributed by atoms with Crippen molar-refractivity contribution in [2.24, 2.45) is 0 Å². The molecule has 0 aromatic heterocycles. The van der Waals surface area contributed by atoms with Gasteiger partial charge in [0.1, 0.15) is 12.3 Å². The molecule has 0 spiro atoms. The van der Waals surface area contributed by atoms with Gasteiger partial charge in [-0.25, -0.2) is 0 Å². The summed E-state index contributed by atoms with van der Waals surface area (Å²) in [6.07, 6.45) is -0.924. The van der Waals surface area contributed by atoms with Crippen molar-refractivity contribution in [3.05, 3.63) is 29.8 Å². The summed E-state index contributed by atoms with van der Waals surface area (Å²) < 4.78 is 0. The zero-order valence-electron chi connectivity index (χ0n) is 16.5. The molecule has 3 amide bonds. The van der Waals surface area contributed by atoms with Crippen molar-refractivity contribution in [1.29, 1.82) is 0 Å². The number of aliphatic hydroxyl groups is 1. The smallest absolute Gasteiger partial charge is 0.303 e. The van der Waals surface area contributed by atoms with E-state index in [9.17, 15) is 19.2 Å². The van der Waals surface area contributed by atoms with Gasteiger partial charge in [-0.2, -0.15) is 0 Å². The highest BCUT2D eigenvalue weighted by Crippen LogP contribution is 2.12. The molecule has 160 valence electrons. The zero-order chi connectivity index (χ0) is 21.8. The van der Waals surface area contributed by atoms with Gasteiger partial charge in [0.15, 0.2) is 0 Å². The number of hydrogen-bond acceptors (Lipinski definition) is 6. The van der Waals surface area contributed by atoms with Crippen LogP contribution in [0.4, 0.5) is 5.69 Å². The molecular formula is C19H28N4O6. The quantitative estimate of drug-likeness (QED) is 0.260. The van der Waals surface area contributed by atoms with Crippen molar-refractivity contribution in [3.63, 3.8) is 0 Å². The van der Waals surface area contributed by atoms with Crippen molar-refractivity contribution in [3.8, 4) is 0 Å². The van der Waals surface area contributed by atoms with Gasteiger partial charge in [-0.1, -0.05) is 18.2 Å². The first-order valence-electron chi connectivity index (χ1n) is 9.25. The minimum Gasteiger partial charge on any atom is -0.481 e. The lowest BCUT2D eigenvalue weighted by Crippen LogP contribution is -2.50. The average Bonchev–Trinajstić information content (AvgIpc) is 2.64. The van der Waals surface area contributed by atoms with Crippen LogP contribution in [-0.2, 0) is 19.2 Å². The number of carbonyl (C=O) groups is 4. The highest BCUT2D eigenvalue weighted by atomic mass is 16.4. The van der Waals surface area contributed by atoms with Crippen LogP contribution in [0.5, 0.6) is 0 Å². The van der Waals surface area contributed by atoms with Crippen LogP contribution in [0.2, 0.25) is 0 Å². The van der Waals surface area contributed by atoms with Crippen LogP contribution < -0.4 is 21.3 Å². The van der Waals surface area contributed by atoms with Gasteiger partial charge < -0.3 is 31.5 Å². The maximum absolute atomic E-state index is 12.3. The summed E-state index contributed by atoms with van der Waals surface area (Å²) in [4.78, 5) is 46.8. The number of benzene rings is 1. The molecule has 0 heterocycles. The highest BCUT2D eigenvalue weighted by Gasteiger charge is 2.21. The molecule has 10 nitrogen and oxygen atoms in total. The SMILES string of the molecule is Cc1ccccc1NCC(=O)NC(CCCC(=O)O)C(=O)NCC(=O)NC(C)O. The Morgan fingerprint density at radius 3 is 2.31 bits per heavy atom. The summed E-state index contributed by atoms with van der Waals surface area (Å²) in [5.74, 6) is -2.66. The Kier molecular flexibility index (Phi) is 10.2. The number of carbonyl (C=O) groups excluding carboxylic acids is 3. The Bertz CT molecular complexity index is 722. The summed E-state index contributed by atoms with van der Waals surface area (Å²) >= 11 is 0. The first-order chi connectivity index (χ1) is 13.7. The third-order valence-electron chi connectivity index (χ3n) is 3.91. The monoisotopic (exact) mass is 408 g/mol. The lowest BCUT2D eigenvalue weighted by Gasteiger charge is -2.19. The second-order valence-corrected chi connectivity index (χ2v) is 6.54. The van der Waals surface area contributed by atoms with Crippen LogP contribution in [0.15, 0.2) is 24.3 Å². The van der Waals surface area contributed by atoms with Crippen LogP contribution in [0.25, 0.3) is 0 Å². The van der Waals surface area contributed by atoms with Gasteiger partial charge >= 0.3 is 5.97 Å². The fourth-order valence-electron chi connectivity index (χ4n) is 2.49. The average molecular weight is 408 g/mol. The number of carboxylic acid groups (broad SMARTS) is 1. The van der Waals surface area contributed by atoms with E-state index in [1.54, 1.807) is 0 Å². The molecule has 2 atom stereocenters. The topological polar surface area (TPSA) is 157 Å². The van der Waals surface area contributed by atoms with Gasteiger partial charge in [-0.15, -0.1) is 0 Å². The van der Waals surface area contributed by atoms with Crippen molar-refractivity contribution in [2.75, 3.05) is 18.4 Å². The molecule has 10 heteroatoms. The molecule has 29 heavy (non-hydrogen) atoms. The van der Waals surface area contributed by atoms with E-state index in [1.165, 1.54) is 6.92 Å². The van der Waals surface area contributed by atoms with Gasteiger partial charge in [0.05, 0.1) is 13.1 Å². The molecule has 0 aliphatic rings. The zero-order valence-corrected chi connectivity index (χ0v) is 16.5. The Hall–Kier alpha value is -3.14. The Morgan fingerprint density at radius 1 is 1.03 bits per heavy atom. The number of aliphatic carboxylic acids is 1. The van der Waals surface area contributed by atoms with Crippen LogP contribution in [-0.4, -0.2) is 59.3 Å². The molecule has 1 aromatic rings. The van der Waals surface area contributed by atoms with Crippen LogP contribution in [0.3, 0.4) is 0 Å². The number of amides is 3. The third kappa shape index (κ3) is 10.1. The number of para-hydroxylation sites is 1. The van der Waals surface area contributed by atoms with Gasteiger partial charge in [0, 0.05) is 12.1 Å². The summed E-state index contributed by atoms with van der Waals surface area (Å²) in [5, 5.41) is 28.0. The number of aliphatic hydroxyl groups excluding tert-OH is 1. The lowest BCUT2D eigenvalue weighted by molar-refractivity contribution is -0.137. The minimum atomic E-state index is -1.06. The second kappa shape index (κ2) is 12.3. The first-order valence-corrected chi connectivity index (χ1v) is 9.25. The number of nitrogens with one attached hydrogen (secondary N) is 4. The van der Waals surface area contributed by atoms with E-state index in [1.807, 2.05) is 31.2 Å². The predicted molar refractivity (Wildman–Crippen MR) is 106 cm³/mol. The van der Waals surface area contributed by atoms with E-state index in [0.29, 0.717) is 0 Å². The van der Waals surface area contributed by atoms with Crippen molar-refractivity contribution < 1.29 is 29.4 Å². The molecule has 6 N–H and O–H groups in total. The van der Waals surface area contributed by atoms with E-state index >= 15 is 0 Å². The van der Waals surface area contributed by atoms with E-state index in [4.69, 9.17) is 10.2 Å². The first kappa shape index (κ1) is 23.9. The number of anilines is 1. The molecule has 0 aliphatic carbocycles. The van der Waals surface area contributed by atoms with Crippen LogP contribution >= 0.6 is 0 Å². The fraction of sp³-hybridized carbons (Fsp3) is 0.474. The lowest BCUT2D eigenvalue weighted by atomic mass is 10.1. The van der Waals surface area contributed by atoms with Crippen molar-refractivity contribution in [1.82, 2.24) is 16.0 Å². The van der Waals surface area contributed by atoms with Crippen molar-refractivity contribution >= 4 is 29.4 Å². The molecule has 2 unspecified atom stereocenters. The Balaban J connectivity index is 2.61. The maximum Gasteiger partial charge on any atom is 0.303 e. The summed E-state index contributed by atoms with van der Waals surface area (Å²) in [7, 11) is 0. The van der Waals surface area contributed by atoms with E-state index in [-0.39, 0.29) is 32.4 Å². The maximum atomic E-state index is 12.3. The highest BCUT2D eigenvalue weighted by molar-refractivity contribution is 5.91. The largest absolute Gasteiger partial charge is 0.481 e. The molecule has 0 radical (unpaired) electrons. The third-order valence-corrected chi connectivity index (χ3v) is 3.91. The molecular weight excluding hydrogens is 380 g/mol. The van der Waals surface area contributed by atoms with E-state index in [0.717, 1.165) is 11.3 Å². The molecule has 1 aromatic carbocycles. The van der Waals surface area contributed by atoms with Gasteiger partial charge in [-0.3, -0.25) is 19.2 Å². The fourth-order valence-corrected chi connectivity index (χ4v) is 2.49. The summed E-state index contributed by atoms with van der Waals surface area (Å²) in [6, 6.07) is 6.42. The van der Waals surface area contributed by atoms with Gasteiger partial charge in [0.2, 0.25) is 17.7 Å². The summed E-state index contributed by atoms with van der Waals surface area (Å²) in [5.41, 5.74) is 1.74. The van der Waals surface area contributed by atoms with E-state index in [2.05, 4.69) is 21.3 Å². The molecule has 0 saturated heterocycles.